The molecule has 2 rings (SSSR count). The Morgan fingerprint density at radius 3 is 2.79 bits per heavy atom. The maximum absolute atomic E-state index is 4.22. The van der Waals surface area contributed by atoms with E-state index in [9.17, 15) is 0 Å². The monoisotopic (exact) mass is 187 g/mol. The molecule has 0 aliphatic rings. The van der Waals surface area contributed by atoms with Gasteiger partial charge in [0.1, 0.15) is 6.33 Å². The maximum Gasteiger partial charge on any atom is 0.116 e. The number of hydrogen-bond donors (Lipinski definition) is 1. The first-order valence-corrected chi connectivity index (χ1v) is 4.73. The molecule has 2 aromatic rings. The Hall–Kier alpha value is -1.64. The van der Waals surface area contributed by atoms with E-state index in [1.807, 2.05) is 24.4 Å². The van der Waals surface area contributed by atoms with Crippen molar-refractivity contribution in [2.24, 2.45) is 0 Å². The molecular weight excluding hydrogens is 174 g/mol. The van der Waals surface area contributed by atoms with E-state index in [1.54, 1.807) is 6.33 Å². The lowest BCUT2D eigenvalue weighted by Gasteiger charge is -2.04. The van der Waals surface area contributed by atoms with Gasteiger partial charge in [-0.25, -0.2) is 9.97 Å². The molecule has 0 amide bonds. The quantitative estimate of drug-likeness (QED) is 0.785. The zero-order valence-corrected chi connectivity index (χ0v) is 8.36. The first-order chi connectivity index (χ1) is 6.77. The molecule has 0 saturated heterocycles. The molecule has 0 atom stereocenters. The van der Waals surface area contributed by atoms with E-state index in [2.05, 4.69) is 28.8 Å². The van der Waals surface area contributed by atoms with Crippen molar-refractivity contribution in [1.82, 2.24) is 15.0 Å². The summed E-state index contributed by atoms with van der Waals surface area (Å²) in [6.45, 7) is 4.25. The maximum atomic E-state index is 4.22. The summed E-state index contributed by atoms with van der Waals surface area (Å²) in [4.78, 5) is 11.6. The summed E-state index contributed by atoms with van der Waals surface area (Å²) in [5.41, 5.74) is 3.06. The molecule has 0 unspecified atom stereocenters. The van der Waals surface area contributed by atoms with Crippen LogP contribution in [-0.4, -0.2) is 15.0 Å². The van der Waals surface area contributed by atoms with Gasteiger partial charge in [0.25, 0.3) is 0 Å². The lowest BCUT2D eigenvalue weighted by molar-refractivity contribution is 0.815. The number of aromatic nitrogens is 3. The van der Waals surface area contributed by atoms with Crippen LogP contribution in [-0.2, 0) is 0 Å². The molecule has 0 aromatic carbocycles. The number of rotatable bonds is 2. The van der Waals surface area contributed by atoms with Gasteiger partial charge in [-0.2, -0.15) is 0 Å². The van der Waals surface area contributed by atoms with Crippen LogP contribution < -0.4 is 0 Å². The number of hydrogen-bond acceptors (Lipinski definition) is 2. The molecule has 2 heterocycles. The molecule has 0 radical (unpaired) electrons. The van der Waals surface area contributed by atoms with E-state index in [0.29, 0.717) is 5.92 Å². The fraction of sp³-hybridized carbons (Fsp3) is 0.273. The Balaban J connectivity index is 2.41. The fourth-order valence-corrected chi connectivity index (χ4v) is 1.33. The fourth-order valence-electron chi connectivity index (χ4n) is 1.33. The first kappa shape index (κ1) is 8.94. The molecule has 3 nitrogen and oxygen atoms in total. The van der Waals surface area contributed by atoms with Crippen molar-refractivity contribution in [2.75, 3.05) is 0 Å². The van der Waals surface area contributed by atoms with Gasteiger partial charge in [-0.3, -0.25) is 0 Å². The second kappa shape index (κ2) is 3.62. The molecule has 0 aliphatic carbocycles. The second-order valence-corrected chi connectivity index (χ2v) is 3.57. The highest BCUT2D eigenvalue weighted by Gasteiger charge is 2.04. The molecule has 0 spiro atoms. The average molecular weight is 187 g/mol. The van der Waals surface area contributed by atoms with E-state index in [4.69, 9.17) is 0 Å². The third-order valence-electron chi connectivity index (χ3n) is 2.15. The van der Waals surface area contributed by atoms with Gasteiger partial charge in [-0.05, 0) is 24.1 Å². The number of aromatic amines is 1. The topological polar surface area (TPSA) is 41.6 Å². The second-order valence-electron chi connectivity index (χ2n) is 3.57. The average Bonchev–Trinajstić information content (AvgIpc) is 2.71. The van der Waals surface area contributed by atoms with Crippen LogP contribution >= 0.6 is 0 Å². The van der Waals surface area contributed by atoms with Gasteiger partial charge in [0.05, 0.1) is 11.4 Å². The Bertz CT molecular complexity index is 404. The Morgan fingerprint density at radius 2 is 2.14 bits per heavy atom. The molecule has 72 valence electrons. The molecule has 0 aliphatic heterocycles. The smallest absolute Gasteiger partial charge is 0.116 e. The van der Waals surface area contributed by atoms with E-state index in [1.165, 1.54) is 0 Å². The van der Waals surface area contributed by atoms with Gasteiger partial charge in [-0.1, -0.05) is 13.8 Å². The van der Waals surface area contributed by atoms with Gasteiger partial charge < -0.3 is 4.98 Å². The molecule has 0 saturated carbocycles. The normalized spacial score (nSPS) is 10.8. The highest BCUT2D eigenvalue weighted by Crippen LogP contribution is 2.17. The summed E-state index contributed by atoms with van der Waals surface area (Å²) in [5.74, 6) is 0.437. The first-order valence-electron chi connectivity index (χ1n) is 4.73. The number of H-pyrrole nitrogens is 1. The minimum atomic E-state index is 0.437. The summed E-state index contributed by atoms with van der Waals surface area (Å²) in [5, 5.41) is 0. The van der Waals surface area contributed by atoms with E-state index in [-0.39, 0.29) is 0 Å². The zero-order chi connectivity index (χ0) is 9.97. The van der Waals surface area contributed by atoms with Crippen LogP contribution in [0.25, 0.3) is 11.4 Å². The van der Waals surface area contributed by atoms with Crippen LogP contribution in [0.15, 0.2) is 30.7 Å². The van der Waals surface area contributed by atoms with Crippen molar-refractivity contribution in [3.63, 3.8) is 0 Å². The van der Waals surface area contributed by atoms with Gasteiger partial charge in [-0.15, -0.1) is 0 Å². The van der Waals surface area contributed by atoms with Gasteiger partial charge in [0.15, 0.2) is 0 Å². The van der Waals surface area contributed by atoms with Crippen molar-refractivity contribution < 1.29 is 0 Å². The van der Waals surface area contributed by atoms with E-state index >= 15 is 0 Å². The molecule has 1 N–H and O–H groups in total. The Kier molecular flexibility index (Phi) is 2.31. The molecule has 0 bridgehead atoms. The summed E-state index contributed by atoms with van der Waals surface area (Å²) in [6.07, 6.45) is 3.51. The van der Waals surface area contributed by atoms with Crippen LogP contribution in [0.5, 0.6) is 0 Å². The van der Waals surface area contributed by atoms with Crippen molar-refractivity contribution in [2.45, 2.75) is 19.8 Å². The van der Waals surface area contributed by atoms with Crippen molar-refractivity contribution in [1.29, 1.82) is 0 Å². The predicted octanol–water partition coefficient (Wildman–Crippen LogP) is 2.60. The highest BCUT2D eigenvalue weighted by molar-refractivity contribution is 5.54. The molecule has 2 aromatic heterocycles. The van der Waals surface area contributed by atoms with Crippen molar-refractivity contribution >= 4 is 0 Å². The molecule has 14 heavy (non-hydrogen) atoms. The van der Waals surface area contributed by atoms with E-state index < -0.39 is 0 Å². The van der Waals surface area contributed by atoms with Crippen LogP contribution in [0.3, 0.4) is 0 Å². The third-order valence-corrected chi connectivity index (χ3v) is 2.15. The van der Waals surface area contributed by atoms with Gasteiger partial charge >= 0.3 is 0 Å². The van der Waals surface area contributed by atoms with Crippen molar-refractivity contribution in [3.05, 3.63) is 36.4 Å². The molecule has 0 fully saturated rings. The highest BCUT2D eigenvalue weighted by atomic mass is 14.9. The predicted molar refractivity (Wildman–Crippen MR) is 55.9 cm³/mol. The van der Waals surface area contributed by atoms with Crippen LogP contribution in [0.2, 0.25) is 0 Å². The summed E-state index contributed by atoms with van der Waals surface area (Å²) >= 11 is 0. The van der Waals surface area contributed by atoms with Crippen molar-refractivity contribution in [3.8, 4) is 11.4 Å². The lowest BCUT2D eigenvalue weighted by atomic mass is 10.1. The number of nitrogens with one attached hydrogen (secondary N) is 1. The zero-order valence-electron chi connectivity index (χ0n) is 8.36. The van der Waals surface area contributed by atoms with Gasteiger partial charge in [0, 0.05) is 11.9 Å². The van der Waals surface area contributed by atoms with Gasteiger partial charge in [0.2, 0.25) is 0 Å². The Morgan fingerprint density at radius 1 is 1.29 bits per heavy atom. The molecule has 3 heteroatoms. The molecular formula is C11H13N3. The van der Waals surface area contributed by atoms with E-state index in [0.717, 1.165) is 17.1 Å². The summed E-state index contributed by atoms with van der Waals surface area (Å²) in [6, 6.07) is 6.00. The minimum Gasteiger partial charge on any atom is -0.360 e. The summed E-state index contributed by atoms with van der Waals surface area (Å²) < 4.78 is 0. The SMILES string of the molecule is CC(C)c1cc(-c2ccc[nH]2)ncn1. The van der Waals surface area contributed by atoms with Crippen LogP contribution in [0.1, 0.15) is 25.5 Å². The largest absolute Gasteiger partial charge is 0.360 e. The number of nitrogens with zero attached hydrogens (tertiary/aromatic N) is 2. The Labute approximate surface area is 83.2 Å². The third kappa shape index (κ3) is 1.66. The standard InChI is InChI=1S/C11H13N3/c1-8(2)10-6-11(14-7-13-10)9-4-3-5-12-9/h3-8,12H,1-2H3. The summed E-state index contributed by atoms with van der Waals surface area (Å²) in [7, 11) is 0. The van der Waals surface area contributed by atoms with Crippen LogP contribution in [0, 0.1) is 0 Å². The lowest BCUT2D eigenvalue weighted by Crippen LogP contribution is -1.94. The van der Waals surface area contributed by atoms with Crippen LogP contribution in [0.4, 0.5) is 0 Å². The minimum absolute atomic E-state index is 0.437.